The van der Waals surface area contributed by atoms with E-state index in [1.54, 1.807) is 22.4 Å². The SMILES string of the molecule is CC(C)(C)OC(=O)N1[C@H](/C=C\SC(=O)c2ccccc2)COC1(C)C. The number of rotatable bonds is 3. The molecule has 1 atom stereocenters. The number of thioether (sulfide) groups is 1. The summed E-state index contributed by atoms with van der Waals surface area (Å²) < 4.78 is 11.2. The van der Waals surface area contributed by atoms with E-state index in [1.807, 2.05) is 58.9 Å². The third-order valence-corrected chi connectivity index (χ3v) is 4.34. The Labute approximate surface area is 153 Å². The molecular weight excluding hydrogens is 338 g/mol. The monoisotopic (exact) mass is 363 g/mol. The molecule has 1 heterocycles. The van der Waals surface area contributed by atoms with E-state index < -0.39 is 17.4 Å². The Morgan fingerprint density at radius 1 is 1.28 bits per heavy atom. The van der Waals surface area contributed by atoms with Crippen molar-refractivity contribution in [2.75, 3.05) is 6.61 Å². The molecule has 136 valence electrons. The van der Waals surface area contributed by atoms with Crippen LogP contribution in [0.15, 0.2) is 41.8 Å². The fourth-order valence-corrected chi connectivity index (χ4v) is 3.13. The Morgan fingerprint density at radius 2 is 1.92 bits per heavy atom. The molecule has 1 aromatic rings. The van der Waals surface area contributed by atoms with Crippen molar-refractivity contribution < 1.29 is 19.1 Å². The minimum absolute atomic E-state index is 0.0427. The van der Waals surface area contributed by atoms with Crippen molar-refractivity contribution in [2.24, 2.45) is 0 Å². The van der Waals surface area contributed by atoms with E-state index >= 15 is 0 Å². The number of amides is 1. The Balaban J connectivity index is 2.04. The van der Waals surface area contributed by atoms with Crippen molar-refractivity contribution in [3.63, 3.8) is 0 Å². The largest absolute Gasteiger partial charge is 0.444 e. The van der Waals surface area contributed by atoms with Crippen LogP contribution in [0.3, 0.4) is 0 Å². The van der Waals surface area contributed by atoms with Crippen LogP contribution >= 0.6 is 11.8 Å². The molecule has 1 aliphatic heterocycles. The Morgan fingerprint density at radius 3 is 2.52 bits per heavy atom. The first-order chi connectivity index (χ1) is 11.6. The topological polar surface area (TPSA) is 55.8 Å². The maximum atomic E-state index is 12.5. The van der Waals surface area contributed by atoms with Gasteiger partial charge < -0.3 is 9.47 Å². The van der Waals surface area contributed by atoms with Crippen LogP contribution in [0.2, 0.25) is 0 Å². The van der Waals surface area contributed by atoms with Crippen molar-refractivity contribution in [3.05, 3.63) is 47.4 Å². The Bertz CT molecular complexity index is 649. The molecule has 5 nitrogen and oxygen atoms in total. The second-order valence-electron chi connectivity index (χ2n) is 7.28. The molecule has 1 amide bonds. The molecule has 1 saturated heterocycles. The molecule has 6 heteroatoms. The molecule has 1 fully saturated rings. The molecule has 0 saturated carbocycles. The summed E-state index contributed by atoms with van der Waals surface area (Å²) in [6.45, 7) is 9.50. The summed E-state index contributed by atoms with van der Waals surface area (Å²) in [5.41, 5.74) is -0.697. The Kier molecular flexibility index (Phi) is 5.95. The zero-order chi connectivity index (χ0) is 18.7. The van der Waals surface area contributed by atoms with E-state index in [2.05, 4.69) is 0 Å². The number of carbonyl (C=O) groups is 2. The second kappa shape index (κ2) is 7.62. The molecule has 0 bridgehead atoms. The molecule has 2 rings (SSSR count). The standard InChI is InChI=1S/C19H25NO4S/c1-18(2,3)24-17(22)20-15(13-23-19(20,4)5)11-12-25-16(21)14-9-7-6-8-10-14/h6-12,15H,13H2,1-5H3/b12-11-/t15-/m1/s1. The van der Waals surface area contributed by atoms with E-state index in [1.165, 1.54) is 0 Å². The van der Waals surface area contributed by atoms with Crippen LogP contribution in [-0.2, 0) is 9.47 Å². The number of carbonyl (C=O) groups excluding carboxylic acids is 2. The first-order valence-electron chi connectivity index (χ1n) is 8.19. The Hall–Kier alpha value is -1.79. The average Bonchev–Trinajstić information content (AvgIpc) is 2.81. The van der Waals surface area contributed by atoms with Gasteiger partial charge in [-0.3, -0.25) is 9.69 Å². The second-order valence-corrected chi connectivity index (χ2v) is 8.15. The average molecular weight is 363 g/mol. The molecule has 0 unspecified atom stereocenters. The van der Waals surface area contributed by atoms with Gasteiger partial charge in [0, 0.05) is 5.56 Å². The fourth-order valence-electron chi connectivity index (χ4n) is 2.47. The summed E-state index contributed by atoms with van der Waals surface area (Å²) in [6, 6.07) is 8.80. The number of benzene rings is 1. The smallest absolute Gasteiger partial charge is 0.413 e. The lowest BCUT2D eigenvalue weighted by atomic mass is 10.2. The number of nitrogens with zero attached hydrogens (tertiary/aromatic N) is 1. The quantitative estimate of drug-likeness (QED) is 0.794. The number of hydrogen-bond donors (Lipinski definition) is 0. The zero-order valence-corrected chi connectivity index (χ0v) is 16.1. The molecule has 0 aliphatic carbocycles. The summed E-state index contributed by atoms with van der Waals surface area (Å²) in [4.78, 5) is 26.2. The van der Waals surface area contributed by atoms with Gasteiger partial charge in [0.2, 0.25) is 5.12 Å². The van der Waals surface area contributed by atoms with Gasteiger partial charge in [-0.2, -0.15) is 0 Å². The molecule has 0 aromatic heterocycles. The van der Waals surface area contributed by atoms with E-state index in [0.717, 1.165) is 11.8 Å². The van der Waals surface area contributed by atoms with E-state index in [-0.39, 0.29) is 11.2 Å². The van der Waals surface area contributed by atoms with E-state index in [4.69, 9.17) is 9.47 Å². The van der Waals surface area contributed by atoms with E-state index in [9.17, 15) is 9.59 Å². The highest BCUT2D eigenvalue weighted by Gasteiger charge is 2.44. The van der Waals surface area contributed by atoms with Crippen LogP contribution in [0, 0.1) is 0 Å². The molecule has 0 N–H and O–H groups in total. The van der Waals surface area contributed by atoms with Crippen molar-refractivity contribution in [1.29, 1.82) is 0 Å². The highest BCUT2D eigenvalue weighted by Crippen LogP contribution is 2.30. The van der Waals surface area contributed by atoms with Crippen LogP contribution < -0.4 is 0 Å². The van der Waals surface area contributed by atoms with Gasteiger partial charge in [-0.15, -0.1) is 0 Å². The molecule has 1 aromatic carbocycles. The molecule has 1 aliphatic rings. The highest BCUT2D eigenvalue weighted by atomic mass is 32.2. The van der Waals surface area contributed by atoms with E-state index in [0.29, 0.717) is 12.2 Å². The molecule has 0 spiro atoms. The van der Waals surface area contributed by atoms with Gasteiger partial charge >= 0.3 is 6.09 Å². The minimum Gasteiger partial charge on any atom is -0.444 e. The summed E-state index contributed by atoms with van der Waals surface area (Å²) in [5, 5.41) is 1.67. The van der Waals surface area contributed by atoms with Crippen molar-refractivity contribution in [1.82, 2.24) is 4.90 Å². The van der Waals surface area contributed by atoms with Gasteiger partial charge in [-0.1, -0.05) is 48.2 Å². The van der Waals surface area contributed by atoms with Crippen LogP contribution in [0.25, 0.3) is 0 Å². The van der Waals surface area contributed by atoms with Gasteiger partial charge in [-0.05, 0) is 40.0 Å². The van der Waals surface area contributed by atoms with Crippen LogP contribution in [0.1, 0.15) is 45.0 Å². The lowest BCUT2D eigenvalue weighted by Gasteiger charge is -2.34. The lowest BCUT2D eigenvalue weighted by Crippen LogP contribution is -2.49. The van der Waals surface area contributed by atoms with Gasteiger partial charge in [0.1, 0.15) is 11.3 Å². The normalized spacial score (nSPS) is 20.0. The maximum Gasteiger partial charge on any atom is 0.413 e. The van der Waals surface area contributed by atoms with Gasteiger partial charge in [0.25, 0.3) is 0 Å². The molecule has 25 heavy (non-hydrogen) atoms. The zero-order valence-electron chi connectivity index (χ0n) is 15.3. The predicted octanol–water partition coefficient (Wildman–Crippen LogP) is 4.45. The third-order valence-electron chi connectivity index (χ3n) is 3.59. The maximum absolute atomic E-state index is 12.5. The highest BCUT2D eigenvalue weighted by molar-refractivity contribution is 8.16. The predicted molar refractivity (Wildman–Crippen MR) is 99.4 cm³/mol. The van der Waals surface area contributed by atoms with Crippen LogP contribution in [0.5, 0.6) is 0 Å². The first kappa shape index (κ1) is 19.5. The summed E-state index contributed by atoms with van der Waals surface area (Å²) >= 11 is 1.09. The lowest BCUT2D eigenvalue weighted by molar-refractivity contribution is -0.0610. The fraction of sp³-hybridized carbons (Fsp3) is 0.474. The van der Waals surface area contributed by atoms with Crippen molar-refractivity contribution in [2.45, 2.75) is 52.0 Å². The molecule has 0 radical (unpaired) electrons. The number of ether oxygens (including phenoxy) is 2. The number of hydrogen-bond acceptors (Lipinski definition) is 5. The van der Waals surface area contributed by atoms with Gasteiger partial charge in [-0.25, -0.2) is 4.79 Å². The summed E-state index contributed by atoms with van der Waals surface area (Å²) in [5.74, 6) is 0. The van der Waals surface area contributed by atoms with Crippen LogP contribution in [-0.4, -0.2) is 40.1 Å². The summed E-state index contributed by atoms with van der Waals surface area (Å²) in [7, 11) is 0. The summed E-state index contributed by atoms with van der Waals surface area (Å²) in [6.07, 6.45) is 1.38. The minimum atomic E-state index is -0.758. The van der Waals surface area contributed by atoms with Gasteiger partial charge in [0.15, 0.2) is 0 Å². The van der Waals surface area contributed by atoms with Crippen LogP contribution in [0.4, 0.5) is 4.79 Å². The third kappa shape index (κ3) is 5.34. The van der Waals surface area contributed by atoms with Crippen molar-refractivity contribution in [3.8, 4) is 0 Å². The first-order valence-corrected chi connectivity index (χ1v) is 9.07. The van der Waals surface area contributed by atoms with Gasteiger partial charge in [0.05, 0.1) is 12.6 Å². The van der Waals surface area contributed by atoms with Crippen molar-refractivity contribution >= 4 is 23.0 Å². The molecular formula is C19H25NO4S.